The van der Waals surface area contributed by atoms with E-state index in [4.69, 9.17) is 0 Å². The fourth-order valence-electron chi connectivity index (χ4n) is 2.78. The Hall–Kier alpha value is -0.900. The SMILES string of the molecule is O=C(O)C1(c2scnc2C2CC2)CCCC1. The van der Waals surface area contributed by atoms with Crippen molar-refractivity contribution in [3.63, 3.8) is 0 Å². The molecule has 0 bridgehead atoms. The van der Waals surface area contributed by atoms with E-state index in [9.17, 15) is 9.90 Å². The first kappa shape index (κ1) is 10.3. The van der Waals surface area contributed by atoms with Crippen molar-refractivity contribution in [2.24, 2.45) is 0 Å². The highest BCUT2D eigenvalue weighted by Gasteiger charge is 2.47. The third kappa shape index (κ3) is 1.39. The summed E-state index contributed by atoms with van der Waals surface area (Å²) in [6.45, 7) is 0. The number of carbonyl (C=O) groups is 1. The maximum atomic E-state index is 11.6. The molecule has 2 aliphatic rings. The van der Waals surface area contributed by atoms with Crippen LogP contribution in [0.2, 0.25) is 0 Å². The van der Waals surface area contributed by atoms with Crippen LogP contribution in [0.5, 0.6) is 0 Å². The Labute approximate surface area is 98.5 Å². The molecule has 0 unspecified atom stereocenters. The van der Waals surface area contributed by atoms with Gasteiger partial charge in [0.2, 0.25) is 0 Å². The number of carboxylic acids is 1. The first-order valence-electron chi connectivity index (χ1n) is 5.91. The molecular formula is C12H15NO2S. The smallest absolute Gasteiger partial charge is 0.315 e. The van der Waals surface area contributed by atoms with E-state index >= 15 is 0 Å². The van der Waals surface area contributed by atoms with Gasteiger partial charge in [-0.25, -0.2) is 4.98 Å². The van der Waals surface area contributed by atoms with Gasteiger partial charge in [-0.2, -0.15) is 0 Å². The molecule has 0 aromatic carbocycles. The predicted molar refractivity (Wildman–Crippen MR) is 61.9 cm³/mol. The summed E-state index contributed by atoms with van der Waals surface area (Å²) in [5, 5.41) is 9.54. The van der Waals surface area contributed by atoms with Crippen LogP contribution in [0.15, 0.2) is 5.51 Å². The maximum absolute atomic E-state index is 11.6. The van der Waals surface area contributed by atoms with Gasteiger partial charge >= 0.3 is 5.97 Å². The van der Waals surface area contributed by atoms with Crippen molar-refractivity contribution in [2.45, 2.75) is 49.9 Å². The molecule has 0 spiro atoms. The van der Waals surface area contributed by atoms with Crippen LogP contribution in [-0.4, -0.2) is 16.1 Å². The second-order valence-corrected chi connectivity index (χ2v) is 5.79. The number of hydrogen-bond donors (Lipinski definition) is 1. The lowest BCUT2D eigenvalue weighted by molar-refractivity contribution is -0.143. The standard InChI is InChI=1S/C12H15NO2S/c14-11(15)12(5-1-2-6-12)10-9(8-3-4-8)13-7-16-10/h7-8H,1-6H2,(H,14,15). The van der Waals surface area contributed by atoms with Crippen molar-refractivity contribution in [1.82, 2.24) is 4.98 Å². The summed E-state index contributed by atoms with van der Waals surface area (Å²) < 4.78 is 0. The lowest BCUT2D eigenvalue weighted by atomic mass is 9.83. The number of nitrogens with zero attached hydrogens (tertiary/aromatic N) is 1. The van der Waals surface area contributed by atoms with Crippen molar-refractivity contribution in [2.75, 3.05) is 0 Å². The van der Waals surface area contributed by atoms with Gasteiger partial charge in [-0.1, -0.05) is 12.8 Å². The Bertz CT molecular complexity index is 416. The van der Waals surface area contributed by atoms with E-state index in [1.54, 1.807) is 11.3 Å². The molecule has 16 heavy (non-hydrogen) atoms. The lowest BCUT2D eigenvalue weighted by Crippen LogP contribution is -2.32. The number of thiazole rings is 1. The van der Waals surface area contributed by atoms with Gasteiger partial charge in [0, 0.05) is 10.8 Å². The fourth-order valence-corrected chi connectivity index (χ4v) is 3.91. The molecule has 1 aromatic heterocycles. The zero-order valence-electron chi connectivity index (χ0n) is 9.11. The van der Waals surface area contributed by atoms with Crippen molar-refractivity contribution in [3.8, 4) is 0 Å². The van der Waals surface area contributed by atoms with Crippen LogP contribution < -0.4 is 0 Å². The molecule has 0 aliphatic heterocycles. The summed E-state index contributed by atoms with van der Waals surface area (Å²) in [6, 6.07) is 0. The second kappa shape index (κ2) is 3.55. The van der Waals surface area contributed by atoms with E-state index in [-0.39, 0.29) is 0 Å². The van der Waals surface area contributed by atoms with Crippen molar-refractivity contribution >= 4 is 17.3 Å². The molecule has 1 heterocycles. The summed E-state index contributed by atoms with van der Waals surface area (Å²) in [5.41, 5.74) is 2.32. The molecule has 1 N–H and O–H groups in total. The van der Waals surface area contributed by atoms with Gasteiger partial charge in [-0.3, -0.25) is 4.79 Å². The third-order valence-electron chi connectivity index (χ3n) is 3.86. The number of aliphatic carboxylic acids is 1. The Morgan fingerprint density at radius 1 is 1.44 bits per heavy atom. The molecule has 2 aliphatic carbocycles. The highest BCUT2D eigenvalue weighted by molar-refractivity contribution is 7.10. The zero-order chi connectivity index (χ0) is 11.2. The summed E-state index contributed by atoms with van der Waals surface area (Å²) in [7, 11) is 0. The molecule has 3 nitrogen and oxygen atoms in total. The van der Waals surface area contributed by atoms with Gasteiger partial charge in [0.05, 0.1) is 11.2 Å². The molecule has 2 fully saturated rings. The molecule has 0 atom stereocenters. The Morgan fingerprint density at radius 2 is 2.12 bits per heavy atom. The highest BCUT2D eigenvalue weighted by Crippen LogP contribution is 2.50. The van der Waals surface area contributed by atoms with E-state index in [0.717, 1.165) is 36.3 Å². The van der Waals surface area contributed by atoms with Crippen LogP contribution in [0.25, 0.3) is 0 Å². The van der Waals surface area contributed by atoms with Crippen LogP contribution in [0.4, 0.5) is 0 Å². The molecule has 3 rings (SSSR count). The monoisotopic (exact) mass is 237 g/mol. The molecule has 2 saturated carbocycles. The summed E-state index contributed by atoms with van der Waals surface area (Å²) >= 11 is 1.55. The van der Waals surface area contributed by atoms with Gasteiger partial charge < -0.3 is 5.11 Å². The third-order valence-corrected chi connectivity index (χ3v) is 4.91. The lowest BCUT2D eigenvalue weighted by Gasteiger charge is -2.23. The first-order valence-corrected chi connectivity index (χ1v) is 6.79. The van der Waals surface area contributed by atoms with E-state index in [2.05, 4.69) is 4.98 Å². The minimum Gasteiger partial charge on any atom is -0.481 e. The van der Waals surface area contributed by atoms with Crippen LogP contribution in [-0.2, 0) is 10.2 Å². The first-order chi connectivity index (χ1) is 7.74. The number of rotatable bonds is 3. The van der Waals surface area contributed by atoms with Crippen molar-refractivity contribution < 1.29 is 9.90 Å². The van der Waals surface area contributed by atoms with Crippen LogP contribution in [0, 0.1) is 0 Å². The largest absolute Gasteiger partial charge is 0.481 e. The molecule has 86 valence electrons. The van der Waals surface area contributed by atoms with Gasteiger partial charge in [-0.15, -0.1) is 11.3 Å². The average molecular weight is 237 g/mol. The minimum absolute atomic E-state index is 0.554. The maximum Gasteiger partial charge on any atom is 0.315 e. The number of carboxylic acid groups (broad SMARTS) is 1. The van der Waals surface area contributed by atoms with Crippen molar-refractivity contribution in [3.05, 3.63) is 16.1 Å². The minimum atomic E-state index is -0.642. The Morgan fingerprint density at radius 3 is 2.69 bits per heavy atom. The molecule has 4 heteroatoms. The van der Waals surface area contributed by atoms with Gasteiger partial charge in [0.25, 0.3) is 0 Å². The fraction of sp³-hybridized carbons (Fsp3) is 0.667. The highest BCUT2D eigenvalue weighted by atomic mass is 32.1. The van der Waals surface area contributed by atoms with Crippen LogP contribution in [0.1, 0.15) is 55.0 Å². The molecule has 0 saturated heterocycles. The van der Waals surface area contributed by atoms with Crippen LogP contribution in [0.3, 0.4) is 0 Å². The molecule has 0 radical (unpaired) electrons. The van der Waals surface area contributed by atoms with Gasteiger partial charge in [0.15, 0.2) is 0 Å². The van der Waals surface area contributed by atoms with E-state index in [1.165, 1.54) is 12.8 Å². The Kier molecular flexibility index (Phi) is 2.28. The summed E-state index contributed by atoms with van der Waals surface area (Å²) in [4.78, 5) is 17.1. The van der Waals surface area contributed by atoms with Crippen molar-refractivity contribution in [1.29, 1.82) is 0 Å². The predicted octanol–water partition coefficient (Wildman–Crippen LogP) is 2.92. The van der Waals surface area contributed by atoms with E-state index < -0.39 is 11.4 Å². The topological polar surface area (TPSA) is 50.2 Å². The normalized spacial score (nSPS) is 23.5. The number of hydrogen-bond acceptors (Lipinski definition) is 3. The molecule has 1 aromatic rings. The quantitative estimate of drug-likeness (QED) is 0.879. The molecule has 0 amide bonds. The van der Waals surface area contributed by atoms with Crippen LogP contribution >= 0.6 is 11.3 Å². The summed E-state index contributed by atoms with van der Waals surface area (Å²) in [5.74, 6) is -0.0887. The second-order valence-electron chi connectivity index (χ2n) is 4.94. The average Bonchev–Trinajstić information content (AvgIpc) is 2.83. The number of aromatic nitrogens is 1. The zero-order valence-corrected chi connectivity index (χ0v) is 9.92. The van der Waals surface area contributed by atoms with E-state index in [1.807, 2.05) is 5.51 Å². The summed E-state index contributed by atoms with van der Waals surface area (Å²) in [6.07, 6.45) is 6.04. The van der Waals surface area contributed by atoms with Gasteiger partial charge in [-0.05, 0) is 25.7 Å². The Balaban J connectivity index is 2.05. The molecular weight excluding hydrogens is 222 g/mol. The van der Waals surface area contributed by atoms with Gasteiger partial charge in [0.1, 0.15) is 5.41 Å². The van der Waals surface area contributed by atoms with E-state index in [0.29, 0.717) is 5.92 Å².